The third-order valence-corrected chi connectivity index (χ3v) is 4.53. The Morgan fingerprint density at radius 3 is 2.36 bits per heavy atom. The lowest BCUT2D eigenvalue weighted by molar-refractivity contribution is -0.145. The van der Waals surface area contributed by atoms with Crippen LogP contribution in [0.3, 0.4) is 0 Å². The first-order valence-corrected chi connectivity index (χ1v) is 9.12. The van der Waals surface area contributed by atoms with Gasteiger partial charge in [0.15, 0.2) is 0 Å². The van der Waals surface area contributed by atoms with Gasteiger partial charge in [-0.1, -0.05) is 13.8 Å². The molecular formula is C17H28N4O7. The van der Waals surface area contributed by atoms with Gasteiger partial charge in [0.2, 0.25) is 17.7 Å². The average Bonchev–Trinajstić information content (AvgIpc) is 3.10. The van der Waals surface area contributed by atoms with E-state index in [9.17, 15) is 29.1 Å². The van der Waals surface area contributed by atoms with Crippen LogP contribution >= 0.6 is 0 Å². The van der Waals surface area contributed by atoms with E-state index in [-0.39, 0.29) is 25.3 Å². The van der Waals surface area contributed by atoms with Gasteiger partial charge < -0.3 is 31.5 Å². The maximum atomic E-state index is 12.4. The van der Waals surface area contributed by atoms with E-state index < -0.39 is 47.8 Å². The number of carboxylic acid groups (broad SMARTS) is 2. The minimum absolute atomic E-state index is 0.0596. The Labute approximate surface area is 162 Å². The molecule has 1 aliphatic rings. The van der Waals surface area contributed by atoms with Gasteiger partial charge in [0.05, 0.1) is 12.6 Å². The first-order valence-electron chi connectivity index (χ1n) is 9.12. The summed E-state index contributed by atoms with van der Waals surface area (Å²) in [5.41, 5.74) is 5.57. The first-order chi connectivity index (χ1) is 13.0. The Hall–Kier alpha value is -2.69. The number of rotatable bonds is 10. The van der Waals surface area contributed by atoms with Crippen LogP contribution in [-0.2, 0) is 24.0 Å². The topological polar surface area (TPSA) is 179 Å². The highest BCUT2D eigenvalue weighted by molar-refractivity contribution is 5.93. The predicted molar refractivity (Wildman–Crippen MR) is 97.0 cm³/mol. The van der Waals surface area contributed by atoms with Crippen LogP contribution in [0.15, 0.2) is 0 Å². The smallest absolute Gasteiger partial charge is 0.326 e. The predicted octanol–water partition coefficient (Wildman–Crippen LogP) is -1.49. The molecule has 1 heterocycles. The molecule has 1 rings (SSSR count). The van der Waals surface area contributed by atoms with E-state index in [0.29, 0.717) is 19.4 Å². The van der Waals surface area contributed by atoms with Crippen LogP contribution in [-0.4, -0.2) is 76.0 Å². The van der Waals surface area contributed by atoms with Crippen molar-refractivity contribution in [3.05, 3.63) is 0 Å². The van der Waals surface area contributed by atoms with E-state index in [1.807, 2.05) is 0 Å². The molecule has 0 saturated carbocycles. The zero-order valence-corrected chi connectivity index (χ0v) is 16.0. The van der Waals surface area contributed by atoms with Crippen LogP contribution in [0.1, 0.15) is 39.5 Å². The number of hydrogen-bond donors (Lipinski definition) is 5. The SMILES string of the molecule is CC(C)C(NC(=O)C1CCCN1C(=O)CNC(=O)C(N)CCC(=O)O)C(=O)O. The van der Waals surface area contributed by atoms with Gasteiger partial charge in [-0.25, -0.2) is 4.79 Å². The lowest BCUT2D eigenvalue weighted by Crippen LogP contribution is -2.54. The number of hydrogen-bond acceptors (Lipinski definition) is 6. The molecule has 0 aromatic rings. The highest BCUT2D eigenvalue weighted by Gasteiger charge is 2.36. The van der Waals surface area contributed by atoms with Crippen LogP contribution in [0.2, 0.25) is 0 Å². The van der Waals surface area contributed by atoms with Crippen molar-refractivity contribution < 1.29 is 34.2 Å². The highest BCUT2D eigenvalue weighted by Crippen LogP contribution is 2.18. The average molecular weight is 400 g/mol. The van der Waals surface area contributed by atoms with Crippen molar-refractivity contribution in [3.63, 3.8) is 0 Å². The Kier molecular flexibility index (Phi) is 8.83. The summed E-state index contributed by atoms with van der Waals surface area (Å²) >= 11 is 0. The summed E-state index contributed by atoms with van der Waals surface area (Å²) in [6.07, 6.45) is 0.650. The number of nitrogens with one attached hydrogen (secondary N) is 2. The number of carbonyl (C=O) groups is 5. The van der Waals surface area contributed by atoms with Crippen LogP contribution in [0, 0.1) is 5.92 Å². The zero-order chi connectivity index (χ0) is 21.4. The summed E-state index contributed by atoms with van der Waals surface area (Å²) in [7, 11) is 0. The van der Waals surface area contributed by atoms with Crippen molar-refractivity contribution >= 4 is 29.7 Å². The second kappa shape index (κ2) is 10.6. The standard InChI is InChI=1S/C17H28N4O7/c1-9(2)14(17(27)28)20-16(26)11-4-3-7-21(11)12(22)8-19-15(25)10(18)5-6-13(23)24/h9-11,14H,3-8,18H2,1-2H3,(H,19,25)(H,20,26)(H,23,24)(H,27,28). The van der Waals surface area contributed by atoms with Crippen LogP contribution < -0.4 is 16.4 Å². The molecule has 1 saturated heterocycles. The van der Waals surface area contributed by atoms with Crippen molar-refractivity contribution in [2.45, 2.75) is 57.7 Å². The fourth-order valence-electron chi connectivity index (χ4n) is 2.91. The number of amides is 3. The Morgan fingerprint density at radius 1 is 1.18 bits per heavy atom. The van der Waals surface area contributed by atoms with Gasteiger partial charge in [0.1, 0.15) is 12.1 Å². The van der Waals surface area contributed by atoms with E-state index in [1.165, 1.54) is 4.90 Å². The molecule has 28 heavy (non-hydrogen) atoms. The molecular weight excluding hydrogens is 372 g/mol. The molecule has 0 radical (unpaired) electrons. The summed E-state index contributed by atoms with van der Waals surface area (Å²) < 4.78 is 0. The van der Waals surface area contributed by atoms with Gasteiger partial charge >= 0.3 is 11.9 Å². The largest absolute Gasteiger partial charge is 0.481 e. The van der Waals surface area contributed by atoms with Gasteiger partial charge in [-0.05, 0) is 25.2 Å². The van der Waals surface area contributed by atoms with E-state index in [2.05, 4.69) is 10.6 Å². The number of carbonyl (C=O) groups excluding carboxylic acids is 3. The highest BCUT2D eigenvalue weighted by atomic mass is 16.4. The van der Waals surface area contributed by atoms with Gasteiger partial charge in [-0.3, -0.25) is 19.2 Å². The number of aliphatic carboxylic acids is 2. The maximum absolute atomic E-state index is 12.4. The molecule has 3 unspecified atom stereocenters. The molecule has 158 valence electrons. The minimum Gasteiger partial charge on any atom is -0.481 e. The molecule has 3 amide bonds. The fraction of sp³-hybridized carbons (Fsp3) is 0.706. The lowest BCUT2D eigenvalue weighted by Gasteiger charge is -2.26. The number of nitrogens with two attached hydrogens (primary N) is 1. The van der Waals surface area contributed by atoms with Gasteiger partial charge in [-0.2, -0.15) is 0 Å². The van der Waals surface area contributed by atoms with Crippen molar-refractivity contribution in [1.82, 2.24) is 15.5 Å². The van der Waals surface area contributed by atoms with Gasteiger partial charge in [0, 0.05) is 13.0 Å². The minimum atomic E-state index is -1.15. The summed E-state index contributed by atoms with van der Waals surface area (Å²) in [4.78, 5) is 59.7. The van der Waals surface area contributed by atoms with E-state index in [0.717, 1.165) is 0 Å². The molecule has 11 nitrogen and oxygen atoms in total. The van der Waals surface area contributed by atoms with E-state index >= 15 is 0 Å². The number of nitrogens with zero attached hydrogens (tertiary/aromatic N) is 1. The fourth-order valence-corrected chi connectivity index (χ4v) is 2.91. The normalized spacial score (nSPS) is 18.4. The summed E-state index contributed by atoms with van der Waals surface area (Å²) in [5, 5.41) is 22.6. The molecule has 0 bridgehead atoms. The Morgan fingerprint density at radius 2 is 1.82 bits per heavy atom. The monoisotopic (exact) mass is 400 g/mol. The van der Waals surface area contributed by atoms with Crippen molar-refractivity contribution in [3.8, 4) is 0 Å². The Balaban J connectivity index is 2.60. The molecule has 6 N–H and O–H groups in total. The van der Waals surface area contributed by atoms with Gasteiger partial charge in [-0.15, -0.1) is 0 Å². The molecule has 1 fully saturated rings. The third-order valence-electron chi connectivity index (χ3n) is 4.53. The number of carboxylic acids is 2. The molecule has 0 aromatic heterocycles. The van der Waals surface area contributed by atoms with Crippen LogP contribution in [0.5, 0.6) is 0 Å². The Bertz CT molecular complexity index is 623. The second-order valence-corrected chi connectivity index (χ2v) is 7.07. The molecule has 3 atom stereocenters. The molecule has 0 spiro atoms. The van der Waals surface area contributed by atoms with Gasteiger partial charge in [0.25, 0.3) is 0 Å². The summed E-state index contributed by atoms with van der Waals surface area (Å²) in [5.74, 6) is -4.24. The third kappa shape index (κ3) is 6.80. The van der Waals surface area contributed by atoms with E-state index in [4.69, 9.17) is 10.8 Å². The van der Waals surface area contributed by atoms with Crippen molar-refractivity contribution in [2.75, 3.05) is 13.1 Å². The quantitative estimate of drug-likeness (QED) is 0.294. The lowest BCUT2D eigenvalue weighted by atomic mass is 10.0. The first kappa shape index (κ1) is 23.3. The van der Waals surface area contributed by atoms with Crippen LogP contribution in [0.25, 0.3) is 0 Å². The van der Waals surface area contributed by atoms with Crippen molar-refractivity contribution in [2.24, 2.45) is 11.7 Å². The number of likely N-dealkylation sites (tertiary alicyclic amines) is 1. The molecule has 0 aliphatic carbocycles. The van der Waals surface area contributed by atoms with E-state index in [1.54, 1.807) is 13.8 Å². The summed E-state index contributed by atoms with van der Waals surface area (Å²) in [6, 6.07) is -2.91. The molecule has 1 aliphatic heterocycles. The maximum Gasteiger partial charge on any atom is 0.326 e. The summed E-state index contributed by atoms with van der Waals surface area (Å²) in [6.45, 7) is 3.27. The van der Waals surface area contributed by atoms with Crippen LogP contribution in [0.4, 0.5) is 0 Å². The zero-order valence-electron chi connectivity index (χ0n) is 16.0. The molecule has 0 aromatic carbocycles. The second-order valence-electron chi connectivity index (χ2n) is 7.07. The molecule has 11 heteroatoms. The van der Waals surface area contributed by atoms with Crippen molar-refractivity contribution in [1.29, 1.82) is 0 Å².